The lowest BCUT2D eigenvalue weighted by molar-refractivity contribution is 1.19. The minimum Gasteiger partial charge on any atom is -0.310 e. The lowest BCUT2D eigenvalue weighted by Gasteiger charge is -2.10. The molecule has 0 aliphatic heterocycles. The van der Waals surface area contributed by atoms with E-state index in [1.807, 2.05) is 60.7 Å². The molecule has 5 aromatic heterocycles. The van der Waals surface area contributed by atoms with Crippen LogP contribution in [-0.2, 0) is 0 Å². The van der Waals surface area contributed by atoms with Gasteiger partial charge in [-0.2, -0.15) is 10.5 Å². The van der Waals surface area contributed by atoms with Gasteiger partial charge in [-0.05, 0) is 60.7 Å². The topological polar surface area (TPSA) is 70.0 Å². The summed E-state index contributed by atoms with van der Waals surface area (Å²) in [6.07, 6.45) is 0. The Bertz CT molecular complexity index is 3600. The number of fused-ring (bicyclic) bond motifs is 17. The molecule has 7 aromatic carbocycles. The van der Waals surface area contributed by atoms with Crippen LogP contribution in [0.4, 0.5) is 11.4 Å². The van der Waals surface area contributed by atoms with Gasteiger partial charge in [0.1, 0.15) is 0 Å². The van der Waals surface area contributed by atoms with E-state index < -0.39 is 0 Å². The number of benzene rings is 7. The van der Waals surface area contributed by atoms with Crippen molar-refractivity contribution < 1.29 is 0 Å². The highest BCUT2D eigenvalue weighted by Gasteiger charge is 2.29. The molecule has 0 atom stereocenters. The molecule has 5 heterocycles. The average molecular weight is 670 g/mol. The molecule has 0 amide bonds. The highest BCUT2D eigenvalue weighted by Crippen LogP contribution is 2.51. The molecular weight excluding hydrogens is 651 g/mol. The SMILES string of the molecule is [C-]#[N+]c1ccc2c3cc4c5cc6c7ccc(C#N)cc7n7c8cc(C#N)ccc8c(c5n(-c5ccccc5)c4c4c5ccc([N+]#[C-])cc5n(c2c1)c34)c67. The zero-order valence-electron chi connectivity index (χ0n) is 27.6. The van der Waals surface area contributed by atoms with Gasteiger partial charge in [0.2, 0.25) is 0 Å². The Morgan fingerprint density at radius 2 is 0.868 bits per heavy atom. The van der Waals surface area contributed by atoms with Crippen LogP contribution in [0, 0.1) is 35.8 Å². The number of aromatic nitrogens is 3. The molecule has 0 N–H and O–H groups in total. The quantitative estimate of drug-likeness (QED) is 0.163. The second-order valence-electron chi connectivity index (χ2n) is 13.7. The van der Waals surface area contributed by atoms with Gasteiger partial charge in [0.05, 0.1) is 69.5 Å². The zero-order chi connectivity index (χ0) is 35.3. The summed E-state index contributed by atoms with van der Waals surface area (Å²) in [5, 5.41) is 30.6. The van der Waals surface area contributed by atoms with Gasteiger partial charge in [-0.25, -0.2) is 9.69 Å². The van der Waals surface area contributed by atoms with Crippen LogP contribution in [0.15, 0.2) is 115 Å². The van der Waals surface area contributed by atoms with Crippen molar-refractivity contribution in [2.75, 3.05) is 0 Å². The van der Waals surface area contributed by atoms with Crippen molar-refractivity contribution >= 4 is 109 Å². The number of hydrogen-bond acceptors (Lipinski definition) is 2. The largest absolute Gasteiger partial charge is 0.310 e. The molecule has 0 fully saturated rings. The first-order valence-corrected chi connectivity index (χ1v) is 17.1. The first kappa shape index (κ1) is 27.7. The van der Waals surface area contributed by atoms with Crippen LogP contribution in [0.5, 0.6) is 0 Å². The predicted molar refractivity (Wildman–Crippen MR) is 212 cm³/mol. The Kier molecular flexibility index (Phi) is 4.89. The van der Waals surface area contributed by atoms with Crippen molar-refractivity contribution in [1.29, 1.82) is 10.5 Å². The van der Waals surface area contributed by atoms with E-state index in [0.717, 1.165) is 104 Å². The Morgan fingerprint density at radius 1 is 0.434 bits per heavy atom. The molecular formula is C46H19N7. The van der Waals surface area contributed by atoms with Gasteiger partial charge in [-0.15, -0.1) is 0 Å². The monoisotopic (exact) mass is 669 g/mol. The molecule has 12 aromatic rings. The third kappa shape index (κ3) is 3.17. The second-order valence-corrected chi connectivity index (χ2v) is 13.7. The maximum atomic E-state index is 10.00. The Hall–Kier alpha value is -8.10. The number of hydrogen-bond donors (Lipinski definition) is 0. The van der Waals surface area contributed by atoms with Crippen molar-refractivity contribution in [3.63, 3.8) is 0 Å². The van der Waals surface area contributed by atoms with Crippen molar-refractivity contribution in [2.45, 2.75) is 0 Å². The van der Waals surface area contributed by atoms with Gasteiger partial charge >= 0.3 is 0 Å². The fourth-order valence-corrected chi connectivity index (χ4v) is 9.27. The Morgan fingerprint density at radius 3 is 1.40 bits per heavy atom. The fourth-order valence-electron chi connectivity index (χ4n) is 9.27. The van der Waals surface area contributed by atoms with Gasteiger partial charge in [0.25, 0.3) is 0 Å². The number of para-hydroxylation sites is 1. The molecule has 0 radical (unpaired) electrons. The summed E-state index contributed by atoms with van der Waals surface area (Å²) in [7, 11) is 0. The molecule has 53 heavy (non-hydrogen) atoms. The van der Waals surface area contributed by atoms with Gasteiger partial charge < -0.3 is 13.4 Å². The lowest BCUT2D eigenvalue weighted by Crippen LogP contribution is -1.94. The predicted octanol–water partition coefficient (Wildman–Crippen LogP) is 11.9. The fraction of sp³-hybridized carbons (Fsp3) is 0. The van der Waals surface area contributed by atoms with Crippen LogP contribution < -0.4 is 0 Å². The standard InChI is InChI=1S/C46H19N7/c1-49-26-10-14-30-34-21-36-35-20-33-29-12-8-24(22-47)16-37(29)52-38-17-25(23-48)9-13-31(38)41(45(33)52)43(35)51(28-6-4-3-5-7-28)44(36)42-32-15-11-27(50-2)19-40(32)53(46(34)42)39(30)18-26/h3-21H. The third-order valence-corrected chi connectivity index (χ3v) is 11.3. The number of nitrogens with zero attached hydrogens (tertiary/aromatic N) is 7. The van der Waals surface area contributed by atoms with Gasteiger partial charge in [0, 0.05) is 70.6 Å². The summed E-state index contributed by atoms with van der Waals surface area (Å²) in [5.41, 5.74) is 11.3. The van der Waals surface area contributed by atoms with Gasteiger partial charge in [-0.1, -0.05) is 54.6 Å². The molecule has 7 heteroatoms. The molecule has 0 unspecified atom stereocenters. The summed E-state index contributed by atoms with van der Waals surface area (Å²) >= 11 is 0. The maximum absolute atomic E-state index is 10.00. The van der Waals surface area contributed by atoms with E-state index in [1.54, 1.807) is 0 Å². The average Bonchev–Trinajstić information content (AvgIpc) is 3.99. The second kappa shape index (κ2) is 9.36. The van der Waals surface area contributed by atoms with E-state index in [2.05, 4.69) is 89.8 Å². The minimum absolute atomic E-state index is 0.559. The number of rotatable bonds is 1. The van der Waals surface area contributed by atoms with Gasteiger partial charge in [0.15, 0.2) is 11.4 Å². The summed E-state index contributed by atoms with van der Waals surface area (Å²) in [6.45, 7) is 15.7. The van der Waals surface area contributed by atoms with Crippen molar-refractivity contribution in [1.82, 2.24) is 13.4 Å². The van der Waals surface area contributed by atoms with Crippen molar-refractivity contribution in [3.8, 4) is 17.8 Å². The van der Waals surface area contributed by atoms with E-state index in [4.69, 9.17) is 13.1 Å². The van der Waals surface area contributed by atoms with E-state index in [9.17, 15) is 10.5 Å². The van der Waals surface area contributed by atoms with Crippen LogP contribution in [-0.4, -0.2) is 13.4 Å². The Balaban J connectivity index is 1.43. The van der Waals surface area contributed by atoms with E-state index >= 15 is 0 Å². The van der Waals surface area contributed by atoms with Crippen LogP contribution in [0.3, 0.4) is 0 Å². The van der Waals surface area contributed by atoms with Crippen LogP contribution >= 0.6 is 0 Å². The van der Waals surface area contributed by atoms with Crippen molar-refractivity contribution in [3.05, 3.63) is 149 Å². The highest BCUT2D eigenvalue weighted by atomic mass is 15.0. The summed E-state index contributed by atoms with van der Waals surface area (Å²) in [6, 6.07) is 43.4. The van der Waals surface area contributed by atoms with E-state index in [1.165, 1.54) is 0 Å². The zero-order valence-corrected chi connectivity index (χ0v) is 27.6. The molecule has 0 spiro atoms. The smallest absolute Gasteiger partial charge is 0.189 e. The summed E-state index contributed by atoms with van der Waals surface area (Å²) in [5.74, 6) is 0. The molecule has 238 valence electrons. The first-order valence-electron chi connectivity index (χ1n) is 17.1. The normalized spacial score (nSPS) is 12.1. The Labute approximate surface area is 299 Å². The number of nitriles is 2. The van der Waals surface area contributed by atoms with E-state index in [0.29, 0.717) is 22.5 Å². The molecule has 0 aliphatic rings. The molecule has 0 saturated carbocycles. The first-order chi connectivity index (χ1) is 26.1. The molecule has 12 rings (SSSR count). The van der Waals surface area contributed by atoms with Crippen LogP contribution in [0.25, 0.3) is 113 Å². The van der Waals surface area contributed by atoms with Crippen LogP contribution in [0.2, 0.25) is 0 Å². The molecule has 0 aliphatic carbocycles. The maximum Gasteiger partial charge on any atom is 0.189 e. The molecule has 0 bridgehead atoms. The summed E-state index contributed by atoms with van der Waals surface area (Å²) in [4.78, 5) is 7.57. The summed E-state index contributed by atoms with van der Waals surface area (Å²) < 4.78 is 6.87. The van der Waals surface area contributed by atoms with Gasteiger partial charge in [-0.3, -0.25) is 0 Å². The highest BCUT2D eigenvalue weighted by molar-refractivity contribution is 6.39. The van der Waals surface area contributed by atoms with E-state index in [-0.39, 0.29) is 0 Å². The third-order valence-electron chi connectivity index (χ3n) is 11.3. The minimum atomic E-state index is 0.559. The lowest BCUT2D eigenvalue weighted by atomic mass is 10.00. The van der Waals surface area contributed by atoms with Crippen molar-refractivity contribution in [2.24, 2.45) is 0 Å². The molecule has 7 nitrogen and oxygen atoms in total. The molecule has 0 saturated heterocycles. The van der Waals surface area contributed by atoms with Crippen LogP contribution in [0.1, 0.15) is 11.1 Å².